The van der Waals surface area contributed by atoms with E-state index in [1.165, 1.54) is 21.5 Å². The summed E-state index contributed by atoms with van der Waals surface area (Å²) in [5.74, 6) is 2.07. The first kappa shape index (κ1) is 18.8. The first-order valence-corrected chi connectivity index (χ1v) is 12.1. The van der Waals surface area contributed by atoms with E-state index in [9.17, 15) is 0 Å². The van der Waals surface area contributed by atoms with Crippen LogP contribution in [-0.4, -0.2) is 10.7 Å². The van der Waals surface area contributed by atoms with Crippen LogP contribution in [-0.2, 0) is 0 Å². The Morgan fingerprint density at radius 3 is 2.45 bits per heavy atom. The number of aromatic nitrogens is 1. The number of para-hydroxylation sites is 2. The fraction of sp³-hybridized carbons (Fsp3) is 0.103. The van der Waals surface area contributed by atoms with Gasteiger partial charge in [0.1, 0.15) is 16.5 Å². The fourth-order valence-electron chi connectivity index (χ4n) is 4.98. The van der Waals surface area contributed by atoms with Crippen LogP contribution in [0.2, 0.25) is 0 Å². The predicted molar refractivity (Wildman–Crippen MR) is 136 cm³/mol. The highest BCUT2D eigenvalue weighted by molar-refractivity contribution is 7.21. The predicted octanol–water partition coefficient (Wildman–Crippen LogP) is 8.36. The zero-order valence-electron chi connectivity index (χ0n) is 18.1. The van der Waals surface area contributed by atoms with Crippen LogP contribution in [0.4, 0.5) is 5.69 Å². The van der Waals surface area contributed by atoms with Crippen molar-refractivity contribution in [2.45, 2.75) is 19.3 Å². The summed E-state index contributed by atoms with van der Waals surface area (Å²) in [6, 6.07) is 29.7. The number of benzene rings is 4. The summed E-state index contributed by atoms with van der Waals surface area (Å²) in [4.78, 5) is 9.82. The van der Waals surface area contributed by atoms with E-state index in [0.29, 0.717) is 0 Å². The van der Waals surface area contributed by atoms with Crippen LogP contribution < -0.4 is 4.74 Å². The second-order valence-corrected chi connectivity index (χ2v) is 9.53. The molecule has 0 fully saturated rings. The molecule has 1 unspecified atom stereocenters. The number of thiazole rings is 1. The third-order valence-corrected chi connectivity index (χ3v) is 7.66. The van der Waals surface area contributed by atoms with Crippen molar-refractivity contribution >= 4 is 33.0 Å². The molecule has 2 aliphatic heterocycles. The summed E-state index contributed by atoms with van der Waals surface area (Å²) in [5, 5.41) is 1.05. The molecular weight excluding hydrogens is 424 g/mol. The van der Waals surface area contributed by atoms with Crippen LogP contribution in [0.3, 0.4) is 0 Å². The normalized spacial score (nSPS) is 15.7. The summed E-state index contributed by atoms with van der Waals surface area (Å²) in [5.41, 5.74) is 9.14. The van der Waals surface area contributed by atoms with Crippen molar-refractivity contribution in [2.24, 2.45) is 4.99 Å². The molecule has 3 nitrogen and oxygen atoms in total. The third kappa shape index (κ3) is 2.87. The highest BCUT2D eigenvalue weighted by atomic mass is 32.1. The van der Waals surface area contributed by atoms with Gasteiger partial charge in [0.15, 0.2) is 0 Å². The van der Waals surface area contributed by atoms with E-state index >= 15 is 0 Å². The molecule has 0 amide bonds. The Morgan fingerprint density at radius 1 is 0.818 bits per heavy atom. The SMILES string of the molecule is CCC1=Nc2cc(-c3ccc(-c4nc5ccccc5s4)cc3)cc3c2C1c1ccccc1O3. The fourth-order valence-corrected chi connectivity index (χ4v) is 5.95. The Hall–Kier alpha value is -3.76. The number of ether oxygens (including phenoxy) is 1. The smallest absolute Gasteiger partial charge is 0.134 e. The molecule has 1 atom stereocenters. The van der Waals surface area contributed by atoms with Gasteiger partial charge >= 0.3 is 0 Å². The van der Waals surface area contributed by atoms with Crippen LogP contribution >= 0.6 is 11.3 Å². The van der Waals surface area contributed by atoms with Gasteiger partial charge in [0.2, 0.25) is 0 Å². The lowest BCUT2D eigenvalue weighted by atomic mass is 9.84. The molecule has 0 radical (unpaired) electrons. The first-order chi connectivity index (χ1) is 16.3. The summed E-state index contributed by atoms with van der Waals surface area (Å²) in [7, 11) is 0. The first-order valence-electron chi connectivity index (χ1n) is 11.3. The monoisotopic (exact) mass is 444 g/mol. The van der Waals surface area contributed by atoms with Crippen molar-refractivity contribution in [1.29, 1.82) is 0 Å². The average molecular weight is 445 g/mol. The molecule has 2 aliphatic rings. The molecule has 0 saturated heterocycles. The molecule has 5 aromatic rings. The van der Waals surface area contributed by atoms with E-state index in [1.54, 1.807) is 11.3 Å². The quantitative estimate of drug-likeness (QED) is 0.280. The van der Waals surface area contributed by atoms with Crippen molar-refractivity contribution in [3.63, 3.8) is 0 Å². The van der Waals surface area contributed by atoms with Gasteiger partial charge in [0.25, 0.3) is 0 Å². The van der Waals surface area contributed by atoms with E-state index in [1.807, 2.05) is 12.1 Å². The van der Waals surface area contributed by atoms with Gasteiger partial charge in [-0.3, -0.25) is 4.99 Å². The van der Waals surface area contributed by atoms with E-state index in [0.717, 1.165) is 50.8 Å². The highest BCUT2D eigenvalue weighted by Crippen LogP contribution is 2.54. The maximum atomic E-state index is 6.37. The molecule has 0 N–H and O–H groups in total. The number of nitrogens with zero attached hydrogens (tertiary/aromatic N) is 2. The van der Waals surface area contributed by atoms with Crippen molar-refractivity contribution < 1.29 is 4.74 Å². The molecular formula is C29H20N2OS. The van der Waals surface area contributed by atoms with Gasteiger partial charge in [0.05, 0.1) is 21.8 Å². The Morgan fingerprint density at radius 2 is 1.61 bits per heavy atom. The summed E-state index contributed by atoms with van der Waals surface area (Å²) in [6.07, 6.45) is 0.930. The number of hydrogen-bond acceptors (Lipinski definition) is 4. The molecule has 1 aromatic heterocycles. The number of hydrogen-bond donors (Lipinski definition) is 0. The van der Waals surface area contributed by atoms with Crippen molar-refractivity contribution in [3.8, 4) is 33.2 Å². The Kier molecular flexibility index (Phi) is 4.05. The van der Waals surface area contributed by atoms with E-state index < -0.39 is 0 Å². The topological polar surface area (TPSA) is 34.5 Å². The minimum absolute atomic E-state index is 0.209. The van der Waals surface area contributed by atoms with E-state index in [-0.39, 0.29) is 5.92 Å². The standard InChI is InChI=1S/C29H20N2OS/c1-2-21-27-20-7-3-5-9-24(20)32-25-16-19(15-23(30-21)28(25)27)17-11-13-18(14-12-17)29-31-22-8-4-6-10-26(22)33-29/h3-16,27H,2H2,1H3. The molecule has 7 rings (SSSR count). The molecule has 158 valence electrons. The molecule has 0 saturated carbocycles. The van der Waals surface area contributed by atoms with Gasteiger partial charge in [-0.1, -0.05) is 61.5 Å². The van der Waals surface area contributed by atoms with Gasteiger partial charge in [0, 0.05) is 22.4 Å². The van der Waals surface area contributed by atoms with Crippen molar-refractivity contribution in [1.82, 2.24) is 4.98 Å². The molecule has 0 aliphatic carbocycles. The van der Waals surface area contributed by atoms with Crippen LogP contribution in [0.1, 0.15) is 30.4 Å². The van der Waals surface area contributed by atoms with Gasteiger partial charge in [-0.2, -0.15) is 0 Å². The van der Waals surface area contributed by atoms with Gasteiger partial charge in [-0.25, -0.2) is 4.98 Å². The Labute approximate surface area is 196 Å². The average Bonchev–Trinajstić information content (AvgIpc) is 3.47. The lowest BCUT2D eigenvalue weighted by molar-refractivity contribution is 0.458. The highest BCUT2D eigenvalue weighted by Gasteiger charge is 2.36. The van der Waals surface area contributed by atoms with E-state index in [2.05, 4.69) is 79.7 Å². The van der Waals surface area contributed by atoms with Crippen LogP contribution in [0, 0.1) is 0 Å². The zero-order chi connectivity index (χ0) is 21.9. The summed E-state index contributed by atoms with van der Waals surface area (Å²) in [6.45, 7) is 2.18. The molecule has 0 spiro atoms. The number of rotatable bonds is 3. The van der Waals surface area contributed by atoms with Crippen molar-refractivity contribution in [3.05, 3.63) is 96.1 Å². The molecule has 4 heteroatoms. The second kappa shape index (κ2) is 7.12. The summed E-state index contributed by atoms with van der Waals surface area (Å²) >= 11 is 1.73. The third-order valence-electron chi connectivity index (χ3n) is 6.58. The largest absolute Gasteiger partial charge is 0.457 e. The van der Waals surface area contributed by atoms with E-state index in [4.69, 9.17) is 14.7 Å². The number of fused-ring (bicyclic) bond motifs is 3. The lowest BCUT2D eigenvalue weighted by Gasteiger charge is -2.26. The zero-order valence-corrected chi connectivity index (χ0v) is 18.9. The van der Waals surface area contributed by atoms with Gasteiger partial charge in [-0.05, 0) is 47.9 Å². The van der Waals surface area contributed by atoms with Crippen LogP contribution in [0.5, 0.6) is 11.5 Å². The maximum absolute atomic E-state index is 6.37. The van der Waals surface area contributed by atoms with Crippen molar-refractivity contribution in [2.75, 3.05) is 0 Å². The molecule has 33 heavy (non-hydrogen) atoms. The minimum atomic E-state index is 0.209. The van der Waals surface area contributed by atoms with Gasteiger partial charge < -0.3 is 4.74 Å². The second-order valence-electron chi connectivity index (χ2n) is 8.50. The number of aliphatic imine (C=N–C) groups is 1. The lowest BCUT2D eigenvalue weighted by Crippen LogP contribution is -2.14. The molecule has 4 aromatic carbocycles. The van der Waals surface area contributed by atoms with Crippen LogP contribution in [0.15, 0.2) is 89.9 Å². The summed E-state index contributed by atoms with van der Waals surface area (Å²) < 4.78 is 7.58. The maximum Gasteiger partial charge on any atom is 0.134 e. The Balaban J connectivity index is 1.30. The molecule has 0 bridgehead atoms. The van der Waals surface area contributed by atoms with Crippen LogP contribution in [0.25, 0.3) is 31.9 Å². The van der Waals surface area contributed by atoms with Gasteiger partial charge in [-0.15, -0.1) is 11.3 Å². The Bertz CT molecular complexity index is 1550. The molecule has 3 heterocycles. The minimum Gasteiger partial charge on any atom is -0.457 e.